The van der Waals surface area contributed by atoms with Gasteiger partial charge in [-0.1, -0.05) is 30.3 Å². The van der Waals surface area contributed by atoms with Crippen LogP contribution in [0.4, 0.5) is 0 Å². The molecule has 2 aliphatic rings. The predicted molar refractivity (Wildman–Crippen MR) is 75.9 cm³/mol. The fourth-order valence-electron chi connectivity index (χ4n) is 3.91. The van der Waals surface area contributed by atoms with Crippen molar-refractivity contribution in [1.82, 2.24) is 5.32 Å². The highest BCUT2D eigenvalue weighted by atomic mass is 16.4. The van der Waals surface area contributed by atoms with Crippen molar-refractivity contribution in [2.24, 2.45) is 17.8 Å². The first-order valence-electron chi connectivity index (χ1n) is 7.31. The lowest BCUT2D eigenvalue weighted by atomic mass is 9.90. The van der Waals surface area contributed by atoms with Crippen molar-refractivity contribution < 1.29 is 19.8 Å². The van der Waals surface area contributed by atoms with Crippen LogP contribution in [0, 0.1) is 17.8 Å². The van der Waals surface area contributed by atoms with Crippen LogP contribution in [0.3, 0.4) is 0 Å². The summed E-state index contributed by atoms with van der Waals surface area (Å²) in [5, 5.41) is 21.9. The van der Waals surface area contributed by atoms with Crippen LogP contribution < -0.4 is 5.32 Å². The van der Waals surface area contributed by atoms with E-state index in [1.165, 1.54) is 0 Å². The predicted octanol–water partition coefficient (Wildman–Crippen LogP) is 1.38. The van der Waals surface area contributed by atoms with E-state index in [1.54, 1.807) is 0 Å². The first-order valence-corrected chi connectivity index (χ1v) is 7.31. The Morgan fingerprint density at radius 2 is 1.95 bits per heavy atom. The van der Waals surface area contributed by atoms with Gasteiger partial charge in [0.15, 0.2) is 0 Å². The zero-order valence-electron chi connectivity index (χ0n) is 11.7. The van der Waals surface area contributed by atoms with Crippen molar-refractivity contribution in [2.75, 3.05) is 6.54 Å². The summed E-state index contributed by atoms with van der Waals surface area (Å²) in [4.78, 5) is 22.9. The van der Waals surface area contributed by atoms with E-state index in [9.17, 15) is 14.7 Å². The van der Waals surface area contributed by atoms with Gasteiger partial charge in [-0.15, -0.1) is 0 Å². The molecule has 0 spiro atoms. The quantitative estimate of drug-likeness (QED) is 0.736. The number of carboxylic acid groups (broad SMARTS) is 2. The maximum Gasteiger partial charge on any atom is 0.324 e. The second kappa shape index (κ2) is 5.15. The molecule has 0 aromatic heterocycles. The van der Waals surface area contributed by atoms with Crippen LogP contribution in [-0.2, 0) is 16.0 Å². The molecule has 21 heavy (non-hydrogen) atoms. The summed E-state index contributed by atoms with van der Waals surface area (Å²) >= 11 is 0. The number of aliphatic carboxylic acids is 2. The fourth-order valence-corrected chi connectivity index (χ4v) is 3.91. The lowest BCUT2D eigenvalue weighted by Gasteiger charge is -2.28. The van der Waals surface area contributed by atoms with Crippen molar-refractivity contribution in [1.29, 1.82) is 0 Å². The summed E-state index contributed by atoms with van der Waals surface area (Å²) in [7, 11) is 0. The molecule has 5 heteroatoms. The van der Waals surface area contributed by atoms with Crippen LogP contribution in [0.15, 0.2) is 30.3 Å². The van der Waals surface area contributed by atoms with Gasteiger partial charge < -0.3 is 15.5 Å². The fraction of sp³-hybridized carbons (Fsp3) is 0.500. The molecule has 2 aliphatic carbocycles. The molecular weight excluding hydrogens is 270 g/mol. The van der Waals surface area contributed by atoms with E-state index >= 15 is 0 Å². The molecule has 3 rings (SSSR count). The van der Waals surface area contributed by atoms with E-state index in [-0.39, 0.29) is 11.8 Å². The maximum absolute atomic E-state index is 11.7. The van der Waals surface area contributed by atoms with Gasteiger partial charge in [-0.3, -0.25) is 9.59 Å². The van der Waals surface area contributed by atoms with E-state index in [4.69, 9.17) is 5.11 Å². The van der Waals surface area contributed by atoms with Crippen molar-refractivity contribution in [3.63, 3.8) is 0 Å². The molecule has 3 N–H and O–H groups in total. The molecule has 1 aromatic carbocycles. The van der Waals surface area contributed by atoms with Crippen molar-refractivity contribution in [3.05, 3.63) is 35.9 Å². The Kier molecular flexibility index (Phi) is 3.45. The third-order valence-corrected chi connectivity index (χ3v) is 4.97. The molecule has 4 unspecified atom stereocenters. The lowest BCUT2D eigenvalue weighted by Crippen LogP contribution is -2.54. The highest BCUT2D eigenvalue weighted by molar-refractivity contribution is 5.85. The van der Waals surface area contributed by atoms with Crippen molar-refractivity contribution in [2.45, 2.75) is 24.8 Å². The summed E-state index contributed by atoms with van der Waals surface area (Å²) in [6, 6.07) is 9.86. The SMILES string of the molecule is O=C(O)C1C2CCC(NCCc3ccccc3)(C(=O)O)C21. The molecule has 0 radical (unpaired) electrons. The molecule has 4 atom stereocenters. The Morgan fingerprint density at radius 1 is 1.24 bits per heavy atom. The highest BCUT2D eigenvalue weighted by Gasteiger charge is 2.71. The summed E-state index contributed by atoms with van der Waals surface area (Å²) in [5.74, 6) is -2.49. The van der Waals surface area contributed by atoms with Gasteiger partial charge in [-0.2, -0.15) is 0 Å². The van der Waals surface area contributed by atoms with Crippen molar-refractivity contribution >= 4 is 11.9 Å². The Bertz CT molecular complexity index is 559. The molecule has 5 nitrogen and oxygen atoms in total. The smallest absolute Gasteiger partial charge is 0.324 e. The largest absolute Gasteiger partial charge is 0.481 e. The van der Waals surface area contributed by atoms with E-state index in [0.717, 1.165) is 12.0 Å². The molecular formula is C16H19NO4. The van der Waals surface area contributed by atoms with Crippen LogP contribution >= 0.6 is 0 Å². The van der Waals surface area contributed by atoms with Gasteiger partial charge in [-0.25, -0.2) is 0 Å². The van der Waals surface area contributed by atoms with Crippen LogP contribution in [0.1, 0.15) is 18.4 Å². The molecule has 0 aliphatic heterocycles. The van der Waals surface area contributed by atoms with Gasteiger partial charge in [0.05, 0.1) is 5.92 Å². The third-order valence-electron chi connectivity index (χ3n) is 4.97. The summed E-state index contributed by atoms with van der Waals surface area (Å²) in [5.41, 5.74) is 0.0911. The lowest BCUT2D eigenvalue weighted by molar-refractivity contribution is -0.147. The minimum absolute atomic E-state index is 0.0304. The van der Waals surface area contributed by atoms with E-state index in [1.807, 2.05) is 30.3 Å². The number of hydrogen-bond donors (Lipinski definition) is 3. The second-order valence-corrected chi connectivity index (χ2v) is 6.03. The Hall–Kier alpha value is -1.88. The van der Waals surface area contributed by atoms with E-state index in [0.29, 0.717) is 19.4 Å². The van der Waals surface area contributed by atoms with Gasteiger partial charge in [0.25, 0.3) is 0 Å². The molecule has 2 fully saturated rings. The molecule has 0 saturated heterocycles. The van der Waals surface area contributed by atoms with Gasteiger partial charge in [-0.05, 0) is 30.7 Å². The van der Waals surface area contributed by atoms with Crippen molar-refractivity contribution in [3.8, 4) is 0 Å². The van der Waals surface area contributed by atoms with Gasteiger partial charge in [0.2, 0.25) is 0 Å². The molecule has 2 saturated carbocycles. The summed E-state index contributed by atoms with van der Waals surface area (Å²) in [6.07, 6.45) is 1.95. The first-order chi connectivity index (χ1) is 10.1. The normalized spacial score (nSPS) is 33.4. The van der Waals surface area contributed by atoms with Crippen LogP contribution in [0.5, 0.6) is 0 Å². The molecule has 0 bridgehead atoms. The van der Waals surface area contributed by atoms with Gasteiger partial charge in [0, 0.05) is 12.5 Å². The number of nitrogens with one attached hydrogen (secondary N) is 1. The minimum Gasteiger partial charge on any atom is -0.481 e. The molecule has 112 valence electrons. The number of fused-ring (bicyclic) bond motifs is 1. The van der Waals surface area contributed by atoms with Gasteiger partial charge in [0.1, 0.15) is 5.54 Å². The number of carboxylic acids is 2. The third kappa shape index (κ3) is 2.31. The summed E-state index contributed by atoms with van der Waals surface area (Å²) in [6.45, 7) is 0.547. The van der Waals surface area contributed by atoms with Crippen LogP contribution in [0.25, 0.3) is 0 Å². The average molecular weight is 289 g/mol. The molecule has 1 aromatic rings. The zero-order chi connectivity index (χ0) is 15.0. The van der Waals surface area contributed by atoms with E-state index in [2.05, 4.69) is 5.32 Å². The number of hydrogen-bond acceptors (Lipinski definition) is 3. The molecule has 0 amide bonds. The number of benzene rings is 1. The Balaban J connectivity index is 1.66. The Morgan fingerprint density at radius 3 is 2.52 bits per heavy atom. The number of rotatable bonds is 6. The standard InChI is InChI=1S/C16H19NO4/c18-14(19)12-11-6-8-16(13(11)12,15(20)21)17-9-7-10-4-2-1-3-5-10/h1-5,11-13,17H,6-9H2,(H,18,19)(H,20,21). The van der Waals surface area contributed by atoms with Crippen LogP contribution in [0.2, 0.25) is 0 Å². The second-order valence-electron chi connectivity index (χ2n) is 6.03. The summed E-state index contributed by atoms with van der Waals surface area (Å²) < 4.78 is 0. The zero-order valence-corrected chi connectivity index (χ0v) is 11.7. The maximum atomic E-state index is 11.7. The minimum atomic E-state index is -1.05. The average Bonchev–Trinajstić information content (AvgIpc) is 3.08. The van der Waals surface area contributed by atoms with Gasteiger partial charge >= 0.3 is 11.9 Å². The topological polar surface area (TPSA) is 86.6 Å². The highest BCUT2D eigenvalue weighted by Crippen LogP contribution is 2.62. The first kappa shape index (κ1) is 14.1. The molecule has 0 heterocycles. The monoisotopic (exact) mass is 289 g/mol. The Labute approximate surface area is 123 Å². The van der Waals surface area contributed by atoms with Crippen LogP contribution in [-0.4, -0.2) is 34.2 Å². The van der Waals surface area contributed by atoms with E-state index < -0.39 is 23.4 Å². The number of carbonyl (C=O) groups is 2.